The van der Waals surface area contributed by atoms with E-state index >= 15 is 0 Å². The van der Waals surface area contributed by atoms with Gasteiger partial charge in [0.25, 0.3) is 5.91 Å². The Hall–Kier alpha value is -3.66. The highest BCUT2D eigenvalue weighted by Crippen LogP contribution is 2.34. The number of aromatic nitrogens is 1. The zero-order valence-corrected chi connectivity index (χ0v) is 18.1. The second-order valence-electron chi connectivity index (χ2n) is 7.10. The normalized spacial score (nSPS) is 11.0. The Morgan fingerprint density at radius 2 is 1.91 bits per heavy atom. The number of hydrogen-bond donors (Lipinski definition) is 2. The molecule has 0 saturated heterocycles. The Kier molecular flexibility index (Phi) is 8.20. The van der Waals surface area contributed by atoms with Crippen molar-refractivity contribution in [2.24, 2.45) is 0 Å². The maximum atomic E-state index is 12.7. The summed E-state index contributed by atoms with van der Waals surface area (Å²) in [6, 6.07) is 11.0. The van der Waals surface area contributed by atoms with Crippen LogP contribution in [0.4, 0.5) is 8.78 Å². The van der Waals surface area contributed by atoms with Gasteiger partial charge in [0.1, 0.15) is 18.6 Å². The van der Waals surface area contributed by atoms with Gasteiger partial charge in [0, 0.05) is 5.56 Å². The first-order chi connectivity index (χ1) is 15.9. The number of aliphatic hydroxyl groups excluding tert-OH is 1. The van der Waals surface area contributed by atoms with E-state index in [1.807, 2.05) is 0 Å². The number of alkyl halides is 2. The molecule has 0 spiro atoms. The second-order valence-corrected chi connectivity index (χ2v) is 7.10. The minimum atomic E-state index is -2.98. The van der Waals surface area contributed by atoms with Gasteiger partial charge in [-0.2, -0.15) is 8.78 Å². The third-order valence-corrected chi connectivity index (χ3v) is 4.23. The summed E-state index contributed by atoms with van der Waals surface area (Å²) in [5, 5.41) is 11.7. The van der Waals surface area contributed by atoms with E-state index < -0.39 is 6.61 Å². The van der Waals surface area contributed by atoms with Gasteiger partial charge in [-0.1, -0.05) is 12.1 Å². The molecule has 3 aromatic rings. The van der Waals surface area contributed by atoms with Gasteiger partial charge in [0.15, 0.2) is 11.5 Å². The van der Waals surface area contributed by atoms with E-state index in [9.17, 15) is 13.6 Å². The number of halogens is 2. The third-order valence-electron chi connectivity index (χ3n) is 4.23. The molecule has 33 heavy (non-hydrogen) atoms. The first kappa shape index (κ1) is 24.0. The Bertz CT molecular complexity index is 1070. The number of hydrogen-bond acceptors (Lipinski definition) is 7. The fourth-order valence-electron chi connectivity index (χ4n) is 2.90. The Morgan fingerprint density at radius 3 is 2.64 bits per heavy atom. The summed E-state index contributed by atoms with van der Waals surface area (Å²) in [6.07, 6.45) is 1.12. The lowest BCUT2D eigenvalue weighted by Crippen LogP contribution is -2.23. The monoisotopic (exact) mass is 462 g/mol. The topological polar surface area (TPSA) is 103 Å². The second kappa shape index (κ2) is 11.3. The minimum absolute atomic E-state index is 0.0700. The number of benzene rings is 2. The molecule has 3 rings (SSSR count). The van der Waals surface area contributed by atoms with Crippen LogP contribution in [0.25, 0.3) is 11.5 Å². The van der Waals surface area contributed by atoms with Crippen LogP contribution in [0.5, 0.6) is 17.2 Å². The third kappa shape index (κ3) is 6.66. The van der Waals surface area contributed by atoms with Crippen molar-refractivity contribution in [2.45, 2.75) is 33.1 Å². The van der Waals surface area contributed by atoms with Crippen molar-refractivity contribution in [2.75, 3.05) is 13.2 Å². The predicted octanol–water partition coefficient (Wildman–Crippen LogP) is 4.03. The molecule has 0 atom stereocenters. The number of nitrogens with zero attached hydrogens (tertiary/aromatic N) is 1. The molecule has 8 nitrogen and oxygen atoms in total. The Morgan fingerprint density at radius 1 is 1.12 bits per heavy atom. The lowest BCUT2D eigenvalue weighted by atomic mass is 10.2. The number of carbonyl (C=O) groups excluding carboxylic acids is 1. The fourth-order valence-corrected chi connectivity index (χ4v) is 2.90. The van der Waals surface area contributed by atoms with Crippen molar-refractivity contribution in [1.29, 1.82) is 0 Å². The molecule has 0 bridgehead atoms. The van der Waals surface area contributed by atoms with Crippen LogP contribution in [0, 0.1) is 0 Å². The first-order valence-electron chi connectivity index (χ1n) is 10.2. The average molecular weight is 462 g/mol. The van der Waals surface area contributed by atoms with Crippen LogP contribution in [0.15, 0.2) is 53.1 Å². The molecule has 0 aliphatic heterocycles. The van der Waals surface area contributed by atoms with Crippen molar-refractivity contribution >= 4 is 5.91 Å². The summed E-state index contributed by atoms with van der Waals surface area (Å²) in [4.78, 5) is 16.9. The molecule has 0 radical (unpaired) electrons. The molecule has 0 saturated carbocycles. The number of carbonyl (C=O) groups is 1. The quantitative estimate of drug-likeness (QED) is 0.443. The minimum Gasteiger partial charge on any atom is -0.490 e. The molecule has 2 aromatic carbocycles. The van der Waals surface area contributed by atoms with Crippen LogP contribution in [0.2, 0.25) is 0 Å². The van der Waals surface area contributed by atoms with Gasteiger partial charge < -0.3 is 29.1 Å². The van der Waals surface area contributed by atoms with Crippen LogP contribution in [0.3, 0.4) is 0 Å². The molecule has 176 valence electrons. The van der Waals surface area contributed by atoms with E-state index in [0.717, 1.165) is 0 Å². The van der Waals surface area contributed by atoms with Gasteiger partial charge in [0.05, 0.1) is 30.5 Å². The van der Waals surface area contributed by atoms with E-state index in [-0.39, 0.29) is 49.2 Å². The first-order valence-corrected chi connectivity index (χ1v) is 10.2. The predicted molar refractivity (Wildman–Crippen MR) is 115 cm³/mol. The molecule has 1 heterocycles. The number of rotatable bonds is 11. The van der Waals surface area contributed by atoms with Crippen molar-refractivity contribution in [1.82, 2.24) is 10.3 Å². The van der Waals surface area contributed by atoms with E-state index in [1.54, 1.807) is 38.1 Å². The van der Waals surface area contributed by atoms with Crippen LogP contribution >= 0.6 is 0 Å². The van der Waals surface area contributed by atoms with Crippen LogP contribution < -0.4 is 19.5 Å². The van der Waals surface area contributed by atoms with Gasteiger partial charge in [0.2, 0.25) is 5.89 Å². The van der Waals surface area contributed by atoms with Gasteiger partial charge >= 0.3 is 6.61 Å². The standard InChI is InChI=1S/C23H24F2N2O6/c1-14(2)32-20-11-15(7-8-19(20)33-23(24)25)22-27-16(13-31-22)12-26-21(29)17-5-3-4-6-18(17)30-10-9-28/h3-8,11,13-14,23,28H,9-10,12H2,1-2H3,(H,26,29). The number of aliphatic hydroxyl groups is 1. The number of ether oxygens (including phenoxy) is 3. The molecule has 0 unspecified atom stereocenters. The van der Waals surface area contributed by atoms with Crippen molar-refractivity contribution in [3.05, 3.63) is 60.0 Å². The molecule has 0 aliphatic rings. The van der Waals surface area contributed by atoms with Crippen LogP contribution in [0.1, 0.15) is 29.9 Å². The highest BCUT2D eigenvalue weighted by Gasteiger charge is 2.17. The van der Waals surface area contributed by atoms with Crippen LogP contribution in [-0.4, -0.2) is 41.9 Å². The molecule has 0 aliphatic carbocycles. The van der Waals surface area contributed by atoms with Crippen molar-refractivity contribution < 1.29 is 37.3 Å². The molecular weight excluding hydrogens is 438 g/mol. The lowest BCUT2D eigenvalue weighted by Gasteiger charge is -2.15. The zero-order valence-electron chi connectivity index (χ0n) is 18.1. The van der Waals surface area contributed by atoms with Crippen molar-refractivity contribution in [3.8, 4) is 28.7 Å². The summed E-state index contributed by atoms with van der Waals surface area (Å²) in [7, 11) is 0. The number of oxazole rings is 1. The number of nitrogens with one attached hydrogen (secondary N) is 1. The van der Waals surface area contributed by atoms with E-state index in [2.05, 4.69) is 15.0 Å². The Labute approximate surface area is 189 Å². The molecule has 1 aromatic heterocycles. The van der Waals surface area contributed by atoms with E-state index in [4.69, 9.17) is 19.0 Å². The molecule has 1 amide bonds. The smallest absolute Gasteiger partial charge is 0.387 e. The highest BCUT2D eigenvalue weighted by atomic mass is 19.3. The largest absolute Gasteiger partial charge is 0.490 e. The summed E-state index contributed by atoms with van der Waals surface area (Å²) >= 11 is 0. The SMILES string of the molecule is CC(C)Oc1cc(-c2nc(CNC(=O)c3ccccc3OCCO)co2)ccc1OC(F)F. The Balaban J connectivity index is 1.71. The summed E-state index contributed by atoms with van der Waals surface area (Å²) < 4.78 is 46.3. The molecular formula is C23H24F2N2O6. The average Bonchev–Trinajstić information content (AvgIpc) is 3.26. The van der Waals surface area contributed by atoms with Crippen LogP contribution in [-0.2, 0) is 6.54 Å². The summed E-state index contributed by atoms with van der Waals surface area (Å²) in [6.45, 7) is 0.521. The van der Waals surface area contributed by atoms with E-state index in [0.29, 0.717) is 22.6 Å². The molecule has 2 N–H and O–H groups in total. The molecule has 10 heteroatoms. The molecule has 0 fully saturated rings. The highest BCUT2D eigenvalue weighted by molar-refractivity contribution is 5.96. The van der Waals surface area contributed by atoms with Gasteiger partial charge in [-0.3, -0.25) is 4.79 Å². The lowest BCUT2D eigenvalue weighted by molar-refractivity contribution is -0.0518. The van der Waals surface area contributed by atoms with Crippen molar-refractivity contribution in [3.63, 3.8) is 0 Å². The zero-order chi connectivity index (χ0) is 23.8. The number of amides is 1. The summed E-state index contributed by atoms with van der Waals surface area (Å²) in [5.74, 6) is 0.241. The number of para-hydroxylation sites is 1. The summed E-state index contributed by atoms with van der Waals surface area (Å²) in [5.41, 5.74) is 1.26. The van der Waals surface area contributed by atoms with Gasteiger partial charge in [-0.25, -0.2) is 4.98 Å². The maximum Gasteiger partial charge on any atom is 0.387 e. The maximum absolute atomic E-state index is 12.7. The van der Waals surface area contributed by atoms with Gasteiger partial charge in [-0.05, 0) is 44.2 Å². The van der Waals surface area contributed by atoms with Gasteiger partial charge in [-0.15, -0.1) is 0 Å². The van der Waals surface area contributed by atoms with E-state index in [1.165, 1.54) is 24.5 Å². The fraction of sp³-hybridized carbons (Fsp3) is 0.304.